The lowest BCUT2D eigenvalue weighted by Gasteiger charge is -2.32. The Morgan fingerprint density at radius 1 is 1.25 bits per heavy atom. The molecule has 0 aliphatic carbocycles. The van der Waals surface area contributed by atoms with Gasteiger partial charge in [0.15, 0.2) is 0 Å². The first-order chi connectivity index (χ1) is 11.3. The van der Waals surface area contributed by atoms with Crippen molar-refractivity contribution in [2.75, 3.05) is 46.3 Å². The van der Waals surface area contributed by atoms with Crippen LogP contribution in [-0.2, 0) is 10.0 Å². The van der Waals surface area contributed by atoms with Gasteiger partial charge in [-0.1, -0.05) is 6.07 Å². The number of aryl methyl sites for hydroxylation is 1. The minimum atomic E-state index is -3.74. The smallest absolute Gasteiger partial charge is 0.270 e. The molecule has 24 heavy (non-hydrogen) atoms. The number of piperazine rings is 1. The highest BCUT2D eigenvalue weighted by Gasteiger charge is 2.20. The van der Waals surface area contributed by atoms with Crippen LogP contribution in [0.5, 0.6) is 0 Å². The van der Waals surface area contributed by atoms with Gasteiger partial charge in [0.1, 0.15) is 0 Å². The highest BCUT2D eigenvalue weighted by atomic mass is 32.2. The van der Waals surface area contributed by atoms with E-state index in [2.05, 4.69) is 21.6 Å². The van der Waals surface area contributed by atoms with E-state index in [1.54, 1.807) is 6.92 Å². The van der Waals surface area contributed by atoms with Crippen LogP contribution in [0.25, 0.3) is 0 Å². The molecule has 0 aromatic heterocycles. The van der Waals surface area contributed by atoms with E-state index < -0.39 is 14.9 Å². The molecule has 0 atom stereocenters. The third-order valence-corrected chi connectivity index (χ3v) is 5.81. The van der Waals surface area contributed by atoms with E-state index in [1.807, 2.05) is 0 Å². The quantitative estimate of drug-likeness (QED) is 0.441. The van der Waals surface area contributed by atoms with Gasteiger partial charge in [0.2, 0.25) is 10.0 Å². The van der Waals surface area contributed by atoms with E-state index in [1.165, 1.54) is 12.1 Å². The SMILES string of the molecule is Cc1ccc([N+](=O)[O-])cc1S(=O)(=O)NCCCN1CCN(C)CC1. The number of non-ortho nitro benzene ring substituents is 1. The molecule has 0 unspecified atom stereocenters. The zero-order chi connectivity index (χ0) is 17.7. The Morgan fingerprint density at radius 2 is 1.92 bits per heavy atom. The van der Waals surface area contributed by atoms with Crippen LogP contribution in [0.3, 0.4) is 0 Å². The number of hydrogen-bond donors (Lipinski definition) is 1. The molecular formula is C15H24N4O4S. The van der Waals surface area contributed by atoms with Gasteiger partial charge in [-0.2, -0.15) is 0 Å². The minimum absolute atomic E-state index is 0.0312. The van der Waals surface area contributed by atoms with Gasteiger partial charge >= 0.3 is 0 Å². The topological polar surface area (TPSA) is 95.8 Å². The average Bonchev–Trinajstić information content (AvgIpc) is 2.53. The number of nitro benzene ring substituents is 1. The standard InChI is InChI=1S/C15H24N4O4S/c1-13-4-5-14(19(20)21)12-15(13)24(22,23)16-6-3-7-18-10-8-17(2)9-11-18/h4-5,12,16H,3,6-11H2,1-2H3. The van der Waals surface area contributed by atoms with E-state index in [4.69, 9.17) is 0 Å². The van der Waals surface area contributed by atoms with Gasteiger partial charge in [-0.15, -0.1) is 0 Å². The Hall–Kier alpha value is -1.55. The molecule has 0 radical (unpaired) electrons. The van der Waals surface area contributed by atoms with Crippen LogP contribution in [0.15, 0.2) is 23.1 Å². The summed E-state index contributed by atoms with van der Waals surface area (Å²) in [5.41, 5.74) is 0.269. The van der Waals surface area contributed by atoms with Crippen molar-refractivity contribution in [3.63, 3.8) is 0 Å². The lowest BCUT2D eigenvalue weighted by atomic mass is 10.2. The highest BCUT2D eigenvalue weighted by molar-refractivity contribution is 7.89. The molecule has 134 valence electrons. The van der Waals surface area contributed by atoms with Gasteiger partial charge in [0, 0.05) is 44.9 Å². The van der Waals surface area contributed by atoms with E-state index >= 15 is 0 Å². The second kappa shape index (κ2) is 8.02. The van der Waals surface area contributed by atoms with Crippen LogP contribution < -0.4 is 4.72 Å². The maximum absolute atomic E-state index is 12.4. The van der Waals surface area contributed by atoms with Crippen molar-refractivity contribution < 1.29 is 13.3 Å². The summed E-state index contributed by atoms with van der Waals surface area (Å²) in [6, 6.07) is 3.87. The summed E-state index contributed by atoms with van der Waals surface area (Å²) in [7, 11) is -1.65. The van der Waals surface area contributed by atoms with Crippen LogP contribution in [-0.4, -0.2) is 69.5 Å². The minimum Gasteiger partial charge on any atom is -0.304 e. The predicted octanol–water partition coefficient (Wildman–Crippen LogP) is 0.819. The molecule has 1 N–H and O–H groups in total. The first kappa shape index (κ1) is 18.8. The fraction of sp³-hybridized carbons (Fsp3) is 0.600. The summed E-state index contributed by atoms with van der Waals surface area (Å²) in [6.45, 7) is 6.82. The molecule has 8 nitrogen and oxygen atoms in total. The molecule has 1 aromatic rings. The summed E-state index contributed by atoms with van der Waals surface area (Å²) in [5, 5.41) is 10.8. The number of benzene rings is 1. The highest BCUT2D eigenvalue weighted by Crippen LogP contribution is 2.21. The van der Waals surface area contributed by atoms with Crippen molar-refractivity contribution in [3.8, 4) is 0 Å². The lowest BCUT2D eigenvalue weighted by Crippen LogP contribution is -2.45. The number of nitrogens with one attached hydrogen (secondary N) is 1. The van der Waals surface area contributed by atoms with E-state index in [0.29, 0.717) is 18.5 Å². The normalized spacial score (nSPS) is 17.1. The number of nitrogens with zero attached hydrogens (tertiary/aromatic N) is 3. The van der Waals surface area contributed by atoms with Crippen LogP contribution in [0, 0.1) is 17.0 Å². The summed E-state index contributed by atoms with van der Waals surface area (Å²) in [6.07, 6.45) is 0.705. The number of sulfonamides is 1. The number of nitro groups is 1. The van der Waals surface area contributed by atoms with Crippen LogP contribution >= 0.6 is 0 Å². The van der Waals surface area contributed by atoms with E-state index in [0.717, 1.165) is 38.8 Å². The Morgan fingerprint density at radius 3 is 2.54 bits per heavy atom. The molecule has 1 aliphatic heterocycles. The molecule has 1 fully saturated rings. The van der Waals surface area contributed by atoms with Crippen molar-refractivity contribution in [1.82, 2.24) is 14.5 Å². The third kappa shape index (κ3) is 4.97. The van der Waals surface area contributed by atoms with Crippen molar-refractivity contribution >= 4 is 15.7 Å². The first-order valence-electron chi connectivity index (χ1n) is 7.95. The van der Waals surface area contributed by atoms with Crippen LogP contribution in [0.2, 0.25) is 0 Å². The molecule has 1 aliphatic rings. The number of likely N-dealkylation sites (N-methyl/N-ethyl adjacent to an activating group) is 1. The van der Waals surface area contributed by atoms with Crippen molar-refractivity contribution in [1.29, 1.82) is 0 Å². The van der Waals surface area contributed by atoms with Gasteiger partial charge in [0.05, 0.1) is 9.82 Å². The van der Waals surface area contributed by atoms with Crippen LogP contribution in [0.1, 0.15) is 12.0 Å². The zero-order valence-corrected chi connectivity index (χ0v) is 14.9. The van der Waals surface area contributed by atoms with Crippen molar-refractivity contribution in [3.05, 3.63) is 33.9 Å². The molecule has 1 aromatic carbocycles. The molecule has 1 heterocycles. The molecule has 0 spiro atoms. The monoisotopic (exact) mass is 356 g/mol. The Labute approximate surface area is 142 Å². The maximum atomic E-state index is 12.4. The molecular weight excluding hydrogens is 332 g/mol. The van der Waals surface area contributed by atoms with Crippen LogP contribution in [0.4, 0.5) is 5.69 Å². The summed E-state index contributed by atoms with van der Waals surface area (Å²) < 4.78 is 27.3. The van der Waals surface area contributed by atoms with E-state index in [-0.39, 0.29) is 10.6 Å². The molecule has 1 saturated heterocycles. The molecule has 0 amide bonds. The number of rotatable bonds is 7. The summed E-state index contributed by atoms with van der Waals surface area (Å²) in [5.74, 6) is 0. The fourth-order valence-electron chi connectivity index (χ4n) is 2.65. The Balaban J connectivity index is 1.89. The predicted molar refractivity (Wildman–Crippen MR) is 91.6 cm³/mol. The molecule has 9 heteroatoms. The fourth-order valence-corrected chi connectivity index (χ4v) is 3.99. The first-order valence-corrected chi connectivity index (χ1v) is 9.43. The second-order valence-corrected chi connectivity index (χ2v) is 7.84. The third-order valence-electron chi connectivity index (χ3n) is 4.21. The molecule has 2 rings (SSSR count). The van der Waals surface area contributed by atoms with Crippen molar-refractivity contribution in [2.45, 2.75) is 18.2 Å². The lowest BCUT2D eigenvalue weighted by molar-refractivity contribution is -0.385. The number of hydrogen-bond acceptors (Lipinski definition) is 6. The average molecular weight is 356 g/mol. The Kier molecular flexibility index (Phi) is 6.27. The van der Waals surface area contributed by atoms with Gasteiger partial charge in [-0.05, 0) is 32.5 Å². The largest absolute Gasteiger partial charge is 0.304 e. The maximum Gasteiger partial charge on any atom is 0.270 e. The van der Waals surface area contributed by atoms with Gasteiger partial charge in [0.25, 0.3) is 5.69 Å². The Bertz CT molecular complexity index is 685. The second-order valence-electron chi connectivity index (χ2n) is 6.10. The van der Waals surface area contributed by atoms with Gasteiger partial charge in [-0.3, -0.25) is 10.1 Å². The van der Waals surface area contributed by atoms with Gasteiger partial charge < -0.3 is 9.80 Å². The van der Waals surface area contributed by atoms with Crippen molar-refractivity contribution in [2.24, 2.45) is 0 Å². The molecule has 0 saturated carbocycles. The summed E-state index contributed by atoms with van der Waals surface area (Å²) >= 11 is 0. The van der Waals surface area contributed by atoms with Gasteiger partial charge in [-0.25, -0.2) is 13.1 Å². The molecule has 0 bridgehead atoms. The summed E-state index contributed by atoms with van der Waals surface area (Å²) in [4.78, 5) is 14.8. The van der Waals surface area contributed by atoms with E-state index in [9.17, 15) is 18.5 Å². The zero-order valence-electron chi connectivity index (χ0n) is 14.1.